The number of phenolic OH excluding ortho intramolecular Hbond substituents is 1. The van der Waals surface area contributed by atoms with Crippen LogP contribution in [0.15, 0.2) is 94.4 Å². The lowest BCUT2D eigenvalue weighted by Gasteiger charge is -2.42. The molecule has 3 aromatic carbocycles. The largest absolute Gasteiger partial charge is 0.508 e. The lowest BCUT2D eigenvalue weighted by atomic mass is 9.55. The Labute approximate surface area is 271 Å². The van der Waals surface area contributed by atoms with Crippen LogP contribution >= 0.6 is 15.9 Å². The molecule has 3 heterocycles. The normalized spacial score (nSPS) is 25.8. The Balaban J connectivity index is 1.15. The van der Waals surface area contributed by atoms with Crippen LogP contribution in [0.2, 0.25) is 0 Å². The smallest absolute Gasteiger partial charge is 0.487 e. The molecule has 4 atom stereocenters. The summed E-state index contributed by atoms with van der Waals surface area (Å²) in [6, 6.07) is 24.7. The molecule has 2 N–H and O–H groups in total. The standard InChI is InChI=1S/C35H36BBrN2O6/c37-24-11-12-30(40)27(18-24)31-19-28-32-29(17-23(33(28)36(43)45-31)21-44-26-9-5-2-6-10-26)34(41)39(35(32)42)25-13-15-38(16-14-25)20-22-7-3-1-4-8-22/h1-12,18,25,28-29,31-32,40,43H,13-17,19-21H2/t28-,29-,31-,32+/m0/s1. The second-order valence-corrected chi connectivity index (χ2v) is 13.5. The third-order valence-electron chi connectivity index (χ3n) is 9.91. The van der Waals surface area contributed by atoms with Gasteiger partial charge in [-0.3, -0.25) is 19.4 Å². The fourth-order valence-electron chi connectivity index (χ4n) is 7.78. The Morgan fingerprint density at radius 2 is 1.64 bits per heavy atom. The van der Waals surface area contributed by atoms with Gasteiger partial charge in [0, 0.05) is 35.7 Å². The van der Waals surface area contributed by atoms with Crippen LogP contribution in [0.3, 0.4) is 0 Å². The summed E-state index contributed by atoms with van der Waals surface area (Å²) in [6.07, 6.45) is 1.51. The van der Waals surface area contributed by atoms with Crippen molar-refractivity contribution in [3.8, 4) is 11.5 Å². The van der Waals surface area contributed by atoms with E-state index < -0.39 is 31.0 Å². The van der Waals surface area contributed by atoms with Gasteiger partial charge in [0.05, 0.1) is 17.9 Å². The highest BCUT2D eigenvalue weighted by molar-refractivity contribution is 9.10. The number of nitrogens with zero attached hydrogens (tertiary/aromatic N) is 2. The Morgan fingerprint density at radius 3 is 2.38 bits per heavy atom. The van der Waals surface area contributed by atoms with E-state index in [4.69, 9.17) is 9.39 Å². The van der Waals surface area contributed by atoms with Gasteiger partial charge in [-0.1, -0.05) is 64.5 Å². The minimum absolute atomic E-state index is 0.0561. The average Bonchev–Trinajstić information content (AvgIpc) is 3.31. The van der Waals surface area contributed by atoms with Crippen LogP contribution < -0.4 is 4.74 Å². The number of likely N-dealkylation sites (tertiary alicyclic amines) is 2. The van der Waals surface area contributed by atoms with Gasteiger partial charge >= 0.3 is 7.12 Å². The molecule has 4 aliphatic rings. The molecule has 1 aliphatic carbocycles. The number of hydrogen-bond donors (Lipinski definition) is 2. The molecule has 0 radical (unpaired) electrons. The van der Waals surface area contributed by atoms with Gasteiger partial charge in [-0.25, -0.2) is 0 Å². The number of fused-ring (bicyclic) bond motifs is 3. The van der Waals surface area contributed by atoms with Crippen LogP contribution in [0.5, 0.6) is 11.5 Å². The fourth-order valence-corrected chi connectivity index (χ4v) is 8.15. The van der Waals surface area contributed by atoms with Crippen LogP contribution in [0.4, 0.5) is 0 Å². The van der Waals surface area contributed by atoms with Crippen LogP contribution in [0.25, 0.3) is 0 Å². The van der Waals surface area contributed by atoms with E-state index in [1.807, 2.05) is 48.5 Å². The number of para-hydroxylation sites is 1. The van der Waals surface area contributed by atoms with E-state index in [1.54, 1.807) is 23.1 Å². The van der Waals surface area contributed by atoms with E-state index in [2.05, 4.69) is 33.0 Å². The van der Waals surface area contributed by atoms with Crippen molar-refractivity contribution in [2.24, 2.45) is 17.8 Å². The molecular weight excluding hydrogens is 635 g/mol. The number of carbonyl (C=O) groups is 2. The number of ether oxygens (including phenoxy) is 1. The summed E-state index contributed by atoms with van der Waals surface area (Å²) < 4.78 is 13.0. The Kier molecular flexibility index (Phi) is 8.57. The Bertz CT molecular complexity index is 1600. The lowest BCUT2D eigenvalue weighted by molar-refractivity contribution is -0.144. The number of halogens is 1. The molecule has 7 rings (SSSR count). The van der Waals surface area contributed by atoms with Gasteiger partial charge < -0.3 is 19.5 Å². The number of rotatable bonds is 7. The highest BCUT2D eigenvalue weighted by Gasteiger charge is 2.59. The van der Waals surface area contributed by atoms with E-state index in [1.165, 1.54) is 5.56 Å². The summed E-state index contributed by atoms with van der Waals surface area (Å²) in [6.45, 7) is 2.66. The molecule has 232 valence electrons. The fraction of sp³-hybridized carbons (Fsp3) is 0.371. The van der Waals surface area contributed by atoms with Crippen molar-refractivity contribution in [3.05, 3.63) is 106 Å². The first-order valence-corrected chi connectivity index (χ1v) is 16.5. The van der Waals surface area contributed by atoms with Gasteiger partial charge in [0.15, 0.2) is 0 Å². The number of imide groups is 1. The van der Waals surface area contributed by atoms with Gasteiger partial charge in [-0.2, -0.15) is 0 Å². The van der Waals surface area contributed by atoms with Crippen LogP contribution in [-0.4, -0.2) is 64.6 Å². The Hall–Kier alpha value is -3.44. The van der Waals surface area contributed by atoms with E-state index in [0.29, 0.717) is 29.6 Å². The maximum Gasteiger partial charge on any atom is 0.487 e. The highest BCUT2D eigenvalue weighted by Crippen LogP contribution is 2.53. The minimum atomic E-state index is -1.29. The molecule has 3 aliphatic heterocycles. The molecule has 45 heavy (non-hydrogen) atoms. The zero-order chi connectivity index (χ0) is 31.1. The summed E-state index contributed by atoms with van der Waals surface area (Å²) in [5.74, 6) is -1.07. The molecular formula is C35H36BBrN2O6. The first-order valence-electron chi connectivity index (χ1n) is 15.7. The van der Waals surface area contributed by atoms with Crippen LogP contribution in [0, 0.1) is 17.8 Å². The lowest BCUT2D eigenvalue weighted by Crippen LogP contribution is -2.48. The predicted molar refractivity (Wildman–Crippen MR) is 173 cm³/mol. The van der Waals surface area contributed by atoms with Gasteiger partial charge in [0.2, 0.25) is 11.8 Å². The molecule has 3 aromatic rings. The van der Waals surface area contributed by atoms with Crippen molar-refractivity contribution in [1.82, 2.24) is 9.80 Å². The van der Waals surface area contributed by atoms with Crippen molar-refractivity contribution < 1.29 is 29.1 Å². The average molecular weight is 671 g/mol. The molecule has 3 fully saturated rings. The number of hydrogen-bond acceptors (Lipinski definition) is 7. The summed E-state index contributed by atoms with van der Waals surface area (Å²) in [7, 11) is -1.29. The van der Waals surface area contributed by atoms with Crippen molar-refractivity contribution in [1.29, 1.82) is 0 Å². The molecule has 0 spiro atoms. The maximum absolute atomic E-state index is 14.3. The molecule has 3 saturated heterocycles. The summed E-state index contributed by atoms with van der Waals surface area (Å²) in [5.41, 5.74) is 3.23. The second kappa shape index (κ2) is 12.8. The number of amides is 2. The number of phenols is 1. The van der Waals surface area contributed by atoms with Gasteiger partial charge in [-0.05, 0) is 78.5 Å². The Morgan fingerprint density at radius 1 is 0.933 bits per heavy atom. The summed E-state index contributed by atoms with van der Waals surface area (Å²) >= 11 is 3.47. The van der Waals surface area contributed by atoms with Crippen molar-refractivity contribution >= 4 is 34.9 Å². The third-order valence-corrected chi connectivity index (χ3v) is 10.4. The maximum atomic E-state index is 14.3. The van der Waals surface area contributed by atoms with Crippen molar-refractivity contribution in [3.63, 3.8) is 0 Å². The van der Waals surface area contributed by atoms with Crippen molar-refractivity contribution in [2.75, 3.05) is 19.7 Å². The minimum Gasteiger partial charge on any atom is -0.508 e. The molecule has 10 heteroatoms. The SMILES string of the molecule is O=C1[C@H]2[C@H](CC(COc3ccccc3)=C3B(O)O[C@H](c4cc(Br)ccc4O)C[C@H]32)C(=O)N1C1CCN(Cc2ccccc2)CC1. The number of piperidine rings is 1. The van der Waals surface area contributed by atoms with Crippen molar-refractivity contribution in [2.45, 2.75) is 44.4 Å². The third kappa shape index (κ3) is 5.97. The van der Waals surface area contributed by atoms with Gasteiger partial charge in [0.1, 0.15) is 18.1 Å². The number of benzene rings is 3. The second-order valence-electron chi connectivity index (χ2n) is 12.6. The molecule has 0 unspecified atom stereocenters. The number of allylic oxidation sites excluding steroid dienone is 1. The molecule has 8 nitrogen and oxygen atoms in total. The summed E-state index contributed by atoms with van der Waals surface area (Å²) in [4.78, 5) is 32.4. The van der Waals surface area contributed by atoms with E-state index in [9.17, 15) is 19.7 Å². The molecule has 0 aromatic heterocycles. The topological polar surface area (TPSA) is 99.5 Å². The summed E-state index contributed by atoms with van der Waals surface area (Å²) in [5, 5.41) is 22.1. The molecule has 2 amide bonds. The van der Waals surface area contributed by atoms with Crippen LogP contribution in [-0.2, 0) is 20.8 Å². The monoisotopic (exact) mass is 670 g/mol. The van der Waals surface area contributed by atoms with E-state index in [-0.39, 0.29) is 30.2 Å². The van der Waals surface area contributed by atoms with E-state index >= 15 is 0 Å². The molecule has 0 saturated carbocycles. The van der Waals surface area contributed by atoms with Crippen LogP contribution in [0.1, 0.15) is 42.9 Å². The van der Waals surface area contributed by atoms with Gasteiger partial charge in [0.25, 0.3) is 0 Å². The zero-order valence-corrected chi connectivity index (χ0v) is 26.5. The quantitative estimate of drug-likeness (QED) is 0.260. The number of aromatic hydroxyl groups is 1. The van der Waals surface area contributed by atoms with E-state index in [0.717, 1.165) is 42.5 Å². The zero-order valence-electron chi connectivity index (χ0n) is 24.9. The van der Waals surface area contributed by atoms with Gasteiger partial charge in [-0.15, -0.1) is 0 Å². The first-order chi connectivity index (χ1) is 21.9. The first kappa shape index (κ1) is 30.2. The number of carbonyl (C=O) groups excluding carboxylic acids is 2. The highest BCUT2D eigenvalue weighted by atomic mass is 79.9. The molecule has 0 bridgehead atoms. The predicted octanol–water partition coefficient (Wildman–Crippen LogP) is 5.30.